The Bertz CT molecular complexity index is 496. The molecule has 1 heterocycles. The number of nitrogens with one attached hydrogen (secondary N) is 1. The summed E-state index contributed by atoms with van der Waals surface area (Å²) in [4.78, 5) is 11.8. The van der Waals surface area contributed by atoms with Crippen molar-refractivity contribution in [3.05, 3.63) is 35.4 Å². The van der Waals surface area contributed by atoms with Gasteiger partial charge in [-0.15, -0.1) is 0 Å². The van der Waals surface area contributed by atoms with Crippen molar-refractivity contribution in [2.24, 2.45) is 5.92 Å². The van der Waals surface area contributed by atoms with Crippen molar-refractivity contribution in [2.45, 2.75) is 13.0 Å². The molecule has 0 aliphatic carbocycles. The smallest absolute Gasteiger partial charge is 0.225 e. The molecule has 0 bridgehead atoms. The topological polar surface area (TPSA) is 58.6 Å². The van der Waals surface area contributed by atoms with E-state index in [2.05, 4.69) is 17.2 Å². The molecule has 19 heavy (non-hydrogen) atoms. The number of rotatable bonds is 3. The lowest BCUT2D eigenvalue weighted by Gasteiger charge is -2.09. The van der Waals surface area contributed by atoms with Gasteiger partial charge >= 0.3 is 0 Å². The first-order valence-corrected chi connectivity index (χ1v) is 6.33. The summed E-state index contributed by atoms with van der Waals surface area (Å²) in [5.74, 6) is 5.48. The number of carbonyl (C=O) groups is 1. The number of carbonyl (C=O) groups excluding carboxylic acids is 1. The first-order valence-electron chi connectivity index (χ1n) is 6.33. The fraction of sp³-hybridized carbons (Fsp3) is 0.400. The highest BCUT2D eigenvalue weighted by molar-refractivity contribution is 5.78. The fourth-order valence-electron chi connectivity index (χ4n) is 1.98. The van der Waals surface area contributed by atoms with Gasteiger partial charge in [-0.2, -0.15) is 0 Å². The molecule has 4 heteroatoms. The van der Waals surface area contributed by atoms with Crippen molar-refractivity contribution in [3.8, 4) is 11.8 Å². The zero-order valence-electron chi connectivity index (χ0n) is 10.7. The highest BCUT2D eigenvalue weighted by atomic mass is 16.5. The Morgan fingerprint density at radius 3 is 3.16 bits per heavy atom. The summed E-state index contributed by atoms with van der Waals surface area (Å²) in [6.45, 7) is 1.53. The average molecular weight is 259 g/mol. The summed E-state index contributed by atoms with van der Waals surface area (Å²) in [6, 6.07) is 7.62. The molecule has 1 aliphatic heterocycles. The molecule has 0 radical (unpaired) electrons. The summed E-state index contributed by atoms with van der Waals surface area (Å²) in [7, 11) is 0. The van der Waals surface area contributed by atoms with Crippen LogP contribution in [0.2, 0.25) is 0 Å². The summed E-state index contributed by atoms with van der Waals surface area (Å²) in [5, 5.41) is 11.6. The number of benzene rings is 1. The SMILES string of the molecule is O=C(NCc1cccc(C#CCO)c1)C1CCOC1. The maximum atomic E-state index is 11.8. The van der Waals surface area contributed by atoms with Gasteiger partial charge < -0.3 is 15.2 Å². The summed E-state index contributed by atoms with van der Waals surface area (Å²) in [5.41, 5.74) is 1.84. The molecule has 1 aromatic rings. The number of aliphatic hydroxyl groups excluding tert-OH is 1. The number of amides is 1. The van der Waals surface area contributed by atoms with E-state index in [4.69, 9.17) is 9.84 Å². The molecule has 4 nitrogen and oxygen atoms in total. The molecule has 1 aromatic carbocycles. The van der Waals surface area contributed by atoms with E-state index in [1.54, 1.807) is 0 Å². The van der Waals surface area contributed by atoms with Crippen LogP contribution in [0.3, 0.4) is 0 Å². The third-order valence-electron chi connectivity index (χ3n) is 3.01. The largest absolute Gasteiger partial charge is 0.384 e. The van der Waals surface area contributed by atoms with Gasteiger partial charge in [-0.1, -0.05) is 24.0 Å². The highest BCUT2D eigenvalue weighted by Crippen LogP contribution is 2.12. The first kappa shape index (κ1) is 13.6. The van der Waals surface area contributed by atoms with E-state index in [1.807, 2.05) is 24.3 Å². The van der Waals surface area contributed by atoms with Gasteiger partial charge in [-0.25, -0.2) is 0 Å². The summed E-state index contributed by atoms with van der Waals surface area (Å²) >= 11 is 0. The van der Waals surface area contributed by atoms with Gasteiger partial charge in [0.05, 0.1) is 12.5 Å². The molecule has 1 unspecified atom stereocenters. The van der Waals surface area contributed by atoms with Crippen molar-refractivity contribution >= 4 is 5.91 Å². The summed E-state index contributed by atoms with van der Waals surface area (Å²) < 4.78 is 5.19. The minimum Gasteiger partial charge on any atom is -0.384 e. The van der Waals surface area contributed by atoms with Crippen LogP contribution in [0.5, 0.6) is 0 Å². The Labute approximate surface area is 112 Å². The van der Waals surface area contributed by atoms with Gasteiger partial charge in [0.15, 0.2) is 0 Å². The lowest BCUT2D eigenvalue weighted by molar-refractivity contribution is -0.125. The zero-order chi connectivity index (χ0) is 13.5. The lowest BCUT2D eigenvalue weighted by Crippen LogP contribution is -2.30. The standard InChI is InChI=1S/C15H17NO3/c17-7-2-5-12-3-1-4-13(9-12)10-16-15(18)14-6-8-19-11-14/h1,3-4,9,14,17H,6-8,10-11H2,(H,16,18). The van der Waals surface area contributed by atoms with E-state index in [0.717, 1.165) is 17.5 Å². The van der Waals surface area contributed by atoms with Crippen molar-refractivity contribution in [1.82, 2.24) is 5.32 Å². The minimum atomic E-state index is -0.150. The molecule has 1 atom stereocenters. The van der Waals surface area contributed by atoms with E-state index in [9.17, 15) is 4.79 Å². The third kappa shape index (κ3) is 4.09. The normalized spacial score (nSPS) is 17.6. The Morgan fingerprint density at radius 1 is 1.53 bits per heavy atom. The van der Waals surface area contributed by atoms with Crippen LogP contribution in [0.1, 0.15) is 17.5 Å². The van der Waals surface area contributed by atoms with E-state index in [1.165, 1.54) is 0 Å². The number of ether oxygens (including phenoxy) is 1. The van der Waals surface area contributed by atoms with E-state index >= 15 is 0 Å². The second kappa shape index (κ2) is 6.93. The van der Waals surface area contributed by atoms with E-state index in [0.29, 0.717) is 19.8 Å². The van der Waals surface area contributed by atoms with Crippen LogP contribution in [-0.4, -0.2) is 30.8 Å². The molecule has 2 rings (SSSR count). The number of aliphatic hydroxyl groups is 1. The molecule has 2 N–H and O–H groups in total. The van der Waals surface area contributed by atoms with Crippen molar-refractivity contribution in [1.29, 1.82) is 0 Å². The average Bonchev–Trinajstić information content (AvgIpc) is 2.97. The second-order valence-electron chi connectivity index (χ2n) is 4.44. The molecular weight excluding hydrogens is 242 g/mol. The van der Waals surface area contributed by atoms with Gasteiger partial charge in [0.25, 0.3) is 0 Å². The molecule has 1 aliphatic rings. The predicted octanol–water partition coefficient (Wildman–Crippen LogP) is 0.683. The molecule has 0 saturated carbocycles. The molecule has 0 aromatic heterocycles. The lowest BCUT2D eigenvalue weighted by atomic mass is 10.1. The Morgan fingerprint density at radius 2 is 2.42 bits per heavy atom. The van der Waals surface area contributed by atoms with Gasteiger partial charge in [-0.05, 0) is 24.1 Å². The number of hydrogen-bond donors (Lipinski definition) is 2. The van der Waals surface area contributed by atoms with Crippen LogP contribution >= 0.6 is 0 Å². The van der Waals surface area contributed by atoms with Crippen molar-refractivity contribution in [2.75, 3.05) is 19.8 Å². The molecule has 0 spiro atoms. The quantitative estimate of drug-likeness (QED) is 0.785. The van der Waals surface area contributed by atoms with Crippen LogP contribution in [0.25, 0.3) is 0 Å². The molecule has 100 valence electrons. The van der Waals surface area contributed by atoms with Crippen LogP contribution in [0.4, 0.5) is 0 Å². The van der Waals surface area contributed by atoms with Gasteiger partial charge in [0.1, 0.15) is 6.61 Å². The highest BCUT2D eigenvalue weighted by Gasteiger charge is 2.22. The van der Waals surface area contributed by atoms with Crippen LogP contribution in [-0.2, 0) is 16.1 Å². The summed E-state index contributed by atoms with van der Waals surface area (Å²) in [6.07, 6.45) is 0.799. The van der Waals surface area contributed by atoms with Crippen molar-refractivity contribution < 1.29 is 14.6 Å². The maximum absolute atomic E-state index is 11.8. The monoisotopic (exact) mass is 259 g/mol. The van der Waals surface area contributed by atoms with Crippen LogP contribution in [0, 0.1) is 17.8 Å². The van der Waals surface area contributed by atoms with Crippen LogP contribution < -0.4 is 5.32 Å². The Kier molecular flexibility index (Phi) is 4.96. The second-order valence-corrected chi connectivity index (χ2v) is 4.44. The minimum absolute atomic E-state index is 0.0163. The Hall–Kier alpha value is -1.83. The zero-order valence-corrected chi connectivity index (χ0v) is 10.7. The fourth-order valence-corrected chi connectivity index (χ4v) is 1.98. The third-order valence-corrected chi connectivity index (χ3v) is 3.01. The maximum Gasteiger partial charge on any atom is 0.225 e. The van der Waals surface area contributed by atoms with Crippen LogP contribution in [0.15, 0.2) is 24.3 Å². The molecular formula is C15H17NO3. The molecule has 1 saturated heterocycles. The van der Waals surface area contributed by atoms with Gasteiger partial charge in [0.2, 0.25) is 5.91 Å². The van der Waals surface area contributed by atoms with Gasteiger partial charge in [0, 0.05) is 18.7 Å². The van der Waals surface area contributed by atoms with Gasteiger partial charge in [-0.3, -0.25) is 4.79 Å². The van der Waals surface area contributed by atoms with E-state index in [-0.39, 0.29) is 18.4 Å². The first-order chi connectivity index (χ1) is 9.29. The Balaban J connectivity index is 1.90. The molecule has 1 amide bonds. The predicted molar refractivity (Wildman–Crippen MR) is 71.2 cm³/mol. The molecule has 1 fully saturated rings. The van der Waals surface area contributed by atoms with Crippen molar-refractivity contribution in [3.63, 3.8) is 0 Å². The van der Waals surface area contributed by atoms with E-state index < -0.39 is 0 Å². The number of hydrogen-bond acceptors (Lipinski definition) is 3.